The van der Waals surface area contributed by atoms with E-state index in [1.54, 1.807) is 7.11 Å². The van der Waals surface area contributed by atoms with Crippen LogP contribution in [0.2, 0.25) is 0 Å². The van der Waals surface area contributed by atoms with Crippen molar-refractivity contribution in [3.05, 3.63) is 54.1 Å². The number of fused-ring (bicyclic) bond motifs is 1. The fourth-order valence-corrected chi connectivity index (χ4v) is 5.18. The Morgan fingerprint density at radius 2 is 1.73 bits per heavy atom. The van der Waals surface area contributed by atoms with Crippen LogP contribution in [0, 0.1) is 11.8 Å². The Kier molecular flexibility index (Phi) is 6.51. The van der Waals surface area contributed by atoms with Gasteiger partial charge >= 0.3 is 0 Å². The van der Waals surface area contributed by atoms with Crippen molar-refractivity contribution in [3.63, 3.8) is 0 Å². The van der Waals surface area contributed by atoms with Gasteiger partial charge in [-0.15, -0.1) is 0 Å². The number of anilines is 1. The lowest BCUT2D eigenvalue weighted by molar-refractivity contribution is -0.137. The smallest absolute Gasteiger partial charge is 0.298 e. The summed E-state index contributed by atoms with van der Waals surface area (Å²) in [5, 5.41) is 0. The standard InChI is InChI=1S/C27H33N3O3/c1-32-23-10-8-20(9-11-23)6-7-21-12-16-29(17-13-21)26(31)22-14-18-30(19-15-22)27-28-24-4-2-3-5-25(24)33-27/h2-5,8-11,21-22H,6-7,12-19H2,1H3. The van der Waals surface area contributed by atoms with Gasteiger partial charge in [-0.25, -0.2) is 0 Å². The summed E-state index contributed by atoms with van der Waals surface area (Å²) in [4.78, 5) is 22.0. The van der Waals surface area contributed by atoms with E-state index in [2.05, 4.69) is 26.9 Å². The highest BCUT2D eigenvalue weighted by atomic mass is 16.5. The number of ether oxygens (including phenoxy) is 1. The molecule has 6 nitrogen and oxygen atoms in total. The van der Waals surface area contributed by atoms with Crippen LogP contribution in [0.5, 0.6) is 5.75 Å². The molecular formula is C27H33N3O3. The van der Waals surface area contributed by atoms with Gasteiger partial charge < -0.3 is 19.0 Å². The molecule has 5 rings (SSSR count). The van der Waals surface area contributed by atoms with Crippen molar-refractivity contribution in [2.75, 3.05) is 38.2 Å². The first-order valence-corrected chi connectivity index (χ1v) is 12.2. The Balaban J connectivity index is 1.06. The summed E-state index contributed by atoms with van der Waals surface area (Å²) in [6, 6.07) is 16.9. The lowest BCUT2D eigenvalue weighted by Crippen LogP contribution is -2.45. The van der Waals surface area contributed by atoms with E-state index in [1.807, 2.05) is 36.4 Å². The van der Waals surface area contributed by atoms with Gasteiger partial charge in [0.05, 0.1) is 7.11 Å². The number of amides is 1. The molecule has 0 spiro atoms. The third kappa shape index (κ3) is 5.00. The Bertz CT molecular complexity index is 1030. The van der Waals surface area contributed by atoms with Crippen LogP contribution in [-0.2, 0) is 11.2 Å². The minimum Gasteiger partial charge on any atom is -0.497 e. The first-order chi connectivity index (χ1) is 16.2. The molecule has 3 aromatic rings. The van der Waals surface area contributed by atoms with Crippen LogP contribution in [0.4, 0.5) is 6.01 Å². The molecule has 0 bridgehead atoms. The molecule has 0 saturated carbocycles. The molecule has 174 valence electrons. The summed E-state index contributed by atoms with van der Waals surface area (Å²) in [6.07, 6.45) is 6.26. The van der Waals surface area contributed by atoms with E-state index in [0.29, 0.717) is 17.8 Å². The lowest BCUT2D eigenvalue weighted by atomic mass is 9.89. The van der Waals surface area contributed by atoms with Crippen LogP contribution < -0.4 is 9.64 Å². The predicted molar refractivity (Wildman–Crippen MR) is 130 cm³/mol. The summed E-state index contributed by atoms with van der Waals surface area (Å²) in [7, 11) is 1.70. The summed E-state index contributed by atoms with van der Waals surface area (Å²) >= 11 is 0. The van der Waals surface area contributed by atoms with Gasteiger partial charge in [-0.05, 0) is 74.3 Å². The minimum atomic E-state index is 0.126. The average molecular weight is 448 g/mol. The van der Waals surface area contributed by atoms with E-state index in [1.165, 1.54) is 12.0 Å². The van der Waals surface area contributed by atoms with Gasteiger partial charge in [-0.3, -0.25) is 4.79 Å². The van der Waals surface area contributed by atoms with Crippen LogP contribution in [0.3, 0.4) is 0 Å². The fourth-order valence-electron chi connectivity index (χ4n) is 5.18. The van der Waals surface area contributed by atoms with Crippen molar-refractivity contribution in [2.24, 2.45) is 11.8 Å². The number of rotatable bonds is 6. The molecule has 2 fully saturated rings. The highest BCUT2D eigenvalue weighted by molar-refractivity contribution is 5.79. The topological polar surface area (TPSA) is 58.8 Å². The number of nitrogens with zero attached hydrogens (tertiary/aromatic N) is 3. The summed E-state index contributed by atoms with van der Waals surface area (Å²) < 4.78 is 11.2. The number of hydrogen-bond acceptors (Lipinski definition) is 5. The second kappa shape index (κ2) is 9.86. The molecule has 1 amide bonds. The average Bonchev–Trinajstić information content (AvgIpc) is 3.32. The molecule has 0 unspecified atom stereocenters. The number of hydrogen-bond donors (Lipinski definition) is 0. The number of para-hydroxylation sites is 2. The molecule has 2 aromatic carbocycles. The third-order valence-corrected chi connectivity index (χ3v) is 7.32. The Morgan fingerprint density at radius 3 is 2.42 bits per heavy atom. The third-order valence-electron chi connectivity index (χ3n) is 7.32. The van der Waals surface area contributed by atoms with Crippen molar-refractivity contribution in [1.82, 2.24) is 9.88 Å². The molecule has 0 N–H and O–H groups in total. The molecule has 1 aromatic heterocycles. The normalized spacial score (nSPS) is 18.1. The number of aromatic nitrogens is 1. The highest BCUT2D eigenvalue weighted by Crippen LogP contribution is 2.29. The SMILES string of the molecule is COc1ccc(CCC2CCN(C(=O)C3CCN(c4nc5ccccc5o4)CC3)CC2)cc1. The van der Waals surface area contributed by atoms with Crippen molar-refractivity contribution in [1.29, 1.82) is 0 Å². The number of carbonyl (C=O) groups excluding carboxylic acids is 1. The second-order valence-electron chi connectivity index (χ2n) is 9.38. The van der Waals surface area contributed by atoms with Crippen molar-refractivity contribution in [3.8, 4) is 5.75 Å². The maximum absolute atomic E-state index is 13.1. The molecule has 0 atom stereocenters. The molecule has 2 aliphatic heterocycles. The zero-order valence-corrected chi connectivity index (χ0v) is 19.4. The number of benzene rings is 2. The lowest BCUT2D eigenvalue weighted by Gasteiger charge is -2.37. The van der Waals surface area contributed by atoms with E-state index in [0.717, 1.165) is 75.1 Å². The quantitative estimate of drug-likeness (QED) is 0.537. The number of piperidine rings is 2. The van der Waals surface area contributed by atoms with E-state index in [9.17, 15) is 4.79 Å². The fraction of sp³-hybridized carbons (Fsp3) is 0.481. The van der Waals surface area contributed by atoms with Crippen LogP contribution in [0.1, 0.15) is 37.7 Å². The van der Waals surface area contributed by atoms with E-state index < -0.39 is 0 Å². The van der Waals surface area contributed by atoms with Crippen LogP contribution in [-0.4, -0.2) is 49.1 Å². The molecule has 33 heavy (non-hydrogen) atoms. The van der Waals surface area contributed by atoms with Gasteiger partial charge in [0.1, 0.15) is 11.3 Å². The summed E-state index contributed by atoms with van der Waals surface area (Å²) in [5.74, 6) is 2.09. The highest BCUT2D eigenvalue weighted by Gasteiger charge is 2.32. The van der Waals surface area contributed by atoms with E-state index >= 15 is 0 Å². The van der Waals surface area contributed by atoms with Gasteiger partial charge in [0.25, 0.3) is 6.01 Å². The maximum atomic E-state index is 13.1. The number of methoxy groups -OCH3 is 1. The molecule has 0 radical (unpaired) electrons. The van der Waals surface area contributed by atoms with Gasteiger partial charge in [0.15, 0.2) is 5.58 Å². The maximum Gasteiger partial charge on any atom is 0.298 e. The summed E-state index contributed by atoms with van der Waals surface area (Å²) in [5.41, 5.74) is 3.07. The van der Waals surface area contributed by atoms with Gasteiger partial charge in [0.2, 0.25) is 5.91 Å². The molecule has 2 saturated heterocycles. The molecule has 2 aliphatic rings. The Labute approximate surface area is 195 Å². The molecule has 3 heterocycles. The zero-order chi connectivity index (χ0) is 22.6. The minimum absolute atomic E-state index is 0.126. The molecule has 6 heteroatoms. The van der Waals surface area contributed by atoms with Gasteiger partial charge in [0, 0.05) is 32.1 Å². The summed E-state index contributed by atoms with van der Waals surface area (Å²) in [6.45, 7) is 3.44. The zero-order valence-electron chi connectivity index (χ0n) is 19.4. The monoisotopic (exact) mass is 447 g/mol. The second-order valence-corrected chi connectivity index (χ2v) is 9.38. The number of aryl methyl sites for hydroxylation is 1. The van der Waals surface area contributed by atoms with E-state index in [-0.39, 0.29) is 5.92 Å². The van der Waals surface area contributed by atoms with E-state index in [4.69, 9.17) is 9.15 Å². The largest absolute Gasteiger partial charge is 0.497 e. The Hall–Kier alpha value is -3.02. The van der Waals surface area contributed by atoms with Crippen molar-refractivity contribution >= 4 is 23.0 Å². The van der Waals surface area contributed by atoms with Crippen LogP contribution >= 0.6 is 0 Å². The Morgan fingerprint density at radius 1 is 1.00 bits per heavy atom. The van der Waals surface area contributed by atoms with Crippen molar-refractivity contribution in [2.45, 2.75) is 38.5 Å². The van der Waals surface area contributed by atoms with Crippen LogP contribution in [0.15, 0.2) is 52.9 Å². The number of carbonyl (C=O) groups is 1. The predicted octanol–water partition coefficient (Wildman–Crippen LogP) is 4.92. The first-order valence-electron chi connectivity index (χ1n) is 12.2. The molecular weight excluding hydrogens is 414 g/mol. The van der Waals surface area contributed by atoms with Gasteiger partial charge in [-0.2, -0.15) is 4.98 Å². The first kappa shape index (κ1) is 21.8. The molecule has 0 aliphatic carbocycles. The number of oxazole rings is 1. The number of likely N-dealkylation sites (tertiary alicyclic amines) is 1. The van der Waals surface area contributed by atoms with Gasteiger partial charge in [-0.1, -0.05) is 24.3 Å². The van der Waals surface area contributed by atoms with Crippen LogP contribution in [0.25, 0.3) is 11.1 Å². The van der Waals surface area contributed by atoms with Crippen molar-refractivity contribution < 1.29 is 13.9 Å².